The van der Waals surface area contributed by atoms with Gasteiger partial charge in [0.15, 0.2) is 0 Å². The molecule has 0 aliphatic rings. The van der Waals surface area contributed by atoms with E-state index in [1.807, 2.05) is 0 Å². The molecule has 0 spiro atoms. The monoisotopic (exact) mass is 288 g/mol. The number of sulfonamides is 1. The minimum Gasteiger partial charge on any atom is -0.446 e. The Morgan fingerprint density at radius 1 is 1.56 bits per heavy atom. The predicted molar refractivity (Wildman–Crippen MR) is 65.5 cm³/mol. The Kier molecular flexibility index (Phi) is 3.81. The van der Waals surface area contributed by atoms with Gasteiger partial charge < -0.3 is 9.52 Å². The van der Waals surface area contributed by atoms with Gasteiger partial charge in [-0.3, -0.25) is 0 Å². The Hall–Kier alpha value is -1.22. The molecule has 0 aliphatic carbocycles. The molecule has 0 amide bonds. The van der Waals surface area contributed by atoms with Gasteiger partial charge in [-0.15, -0.1) is 11.3 Å². The van der Waals surface area contributed by atoms with Crippen molar-refractivity contribution >= 4 is 21.4 Å². The van der Waals surface area contributed by atoms with Crippen LogP contribution in [0.2, 0.25) is 0 Å². The third kappa shape index (κ3) is 2.78. The van der Waals surface area contributed by atoms with E-state index >= 15 is 0 Å². The molecule has 18 heavy (non-hydrogen) atoms. The van der Waals surface area contributed by atoms with Crippen LogP contribution in [0.25, 0.3) is 0 Å². The zero-order valence-corrected chi connectivity index (χ0v) is 11.2. The van der Waals surface area contributed by atoms with E-state index in [0.717, 1.165) is 0 Å². The van der Waals surface area contributed by atoms with Gasteiger partial charge in [0, 0.05) is 11.6 Å². The van der Waals surface area contributed by atoms with Crippen molar-refractivity contribution in [2.75, 3.05) is 0 Å². The fourth-order valence-corrected chi connectivity index (χ4v) is 3.25. The first-order valence-electron chi connectivity index (χ1n) is 5.14. The Labute approximate surface area is 108 Å². The molecule has 98 valence electrons. The van der Waals surface area contributed by atoms with Crippen molar-refractivity contribution in [3.63, 3.8) is 0 Å². The molecule has 0 saturated heterocycles. The smallest absolute Gasteiger partial charge is 0.274 e. The highest BCUT2D eigenvalue weighted by Crippen LogP contribution is 2.20. The maximum Gasteiger partial charge on any atom is 0.274 e. The Bertz CT molecular complexity index is 604. The van der Waals surface area contributed by atoms with Crippen LogP contribution >= 0.6 is 11.3 Å². The maximum atomic E-state index is 12.0. The summed E-state index contributed by atoms with van der Waals surface area (Å²) in [5, 5.41) is 11.1. The van der Waals surface area contributed by atoms with E-state index in [9.17, 15) is 8.42 Å². The normalized spacial score (nSPS) is 13.7. The summed E-state index contributed by atoms with van der Waals surface area (Å²) in [5.41, 5.74) is 0. The van der Waals surface area contributed by atoms with Gasteiger partial charge in [-0.25, -0.2) is 13.4 Å². The quantitative estimate of drug-likeness (QED) is 0.864. The van der Waals surface area contributed by atoms with Gasteiger partial charge >= 0.3 is 0 Å². The number of aliphatic hydroxyl groups excluding tert-OH is 1. The molecule has 2 N–H and O–H groups in total. The number of thiazole rings is 1. The second-order valence-electron chi connectivity index (χ2n) is 3.59. The molecule has 2 aromatic rings. The van der Waals surface area contributed by atoms with Gasteiger partial charge in [-0.05, 0) is 19.1 Å². The summed E-state index contributed by atoms with van der Waals surface area (Å²) in [6.07, 6.45) is 1.61. The Morgan fingerprint density at radius 3 is 2.89 bits per heavy atom. The maximum absolute atomic E-state index is 12.0. The molecule has 1 unspecified atom stereocenters. The number of aromatic nitrogens is 1. The number of nitrogens with zero attached hydrogens (tertiary/aromatic N) is 1. The second-order valence-corrected chi connectivity index (χ2v) is 6.16. The molecule has 2 heterocycles. The minimum absolute atomic E-state index is 0.206. The number of hydrogen-bond donors (Lipinski definition) is 2. The topological polar surface area (TPSA) is 92.4 Å². The minimum atomic E-state index is -3.74. The summed E-state index contributed by atoms with van der Waals surface area (Å²) in [6, 6.07) is 2.29. The van der Waals surface area contributed by atoms with E-state index < -0.39 is 16.1 Å². The Balaban J connectivity index is 2.17. The van der Waals surface area contributed by atoms with Crippen molar-refractivity contribution in [1.82, 2.24) is 9.71 Å². The van der Waals surface area contributed by atoms with Crippen LogP contribution in [-0.4, -0.2) is 18.5 Å². The van der Waals surface area contributed by atoms with E-state index in [0.29, 0.717) is 5.01 Å². The molecule has 2 rings (SSSR count). The van der Waals surface area contributed by atoms with Gasteiger partial charge in [0.2, 0.25) is 5.09 Å². The fourth-order valence-electron chi connectivity index (χ4n) is 1.38. The molecule has 1 atom stereocenters. The molecular weight excluding hydrogens is 276 g/mol. The van der Waals surface area contributed by atoms with Crippen LogP contribution in [0.1, 0.15) is 23.7 Å². The van der Waals surface area contributed by atoms with E-state index in [2.05, 4.69) is 9.71 Å². The lowest BCUT2D eigenvalue weighted by molar-refractivity contribution is 0.236. The second kappa shape index (κ2) is 5.19. The highest BCUT2D eigenvalue weighted by atomic mass is 32.2. The Morgan fingerprint density at radius 2 is 2.33 bits per heavy atom. The van der Waals surface area contributed by atoms with Crippen molar-refractivity contribution in [2.24, 2.45) is 0 Å². The summed E-state index contributed by atoms with van der Waals surface area (Å²) < 4.78 is 31.4. The van der Waals surface area contributed by atoms with E-state index in [1.54, 1.807) is 18.5 Å². The molecule has 0 aromatic carbocycles. The van der Waals surface area contributed by atoms with E-state index in [-0.39, 0.29) is 17.5 Å². The largest absolute Gasteiger partial charge is 0.446 e. The lowest BCUT2D eigenvalue weighted by atomic mass is 10.4. The first-order valence-corrected chi connectivity index (χ1v) is 7.50. The molecule has 2 aromatic heterocycles. The summed E-state index contributed by atoms with van der Waals surface area (Å²) in [6.45, 7) is 1.36. The average Bonchev–Trinajstić information content (AvgIpc) is 3.00. The number of aliphatic hydroxyl groups is 1. The van der Waals surface area contributed by atoms with Crippen LogP contribution in [0.4, 0.5) is 0 Å². The predicted octanol–water partition coefficient (Wildman–Crippen LogP) is 1.27. The number of hydrogen-bond acceptors (Lipinski definition) is 6. The van der Waals surface area contributed by atoms with Crippen molar-refractivity contribution in [3.05, 3.63) is 34.5 Å². The first-order chi connectivity index (χ1) is 8.53. The SMILES string of the molecule is CC(NS(=O)(=O)c1ccc(CO)o1)c1nccs1. The molecule has 0 fully saturated rings. The lowest BCUT2D eigenvalue weighted by Gasteiger charge is -2.09. The molecule has 0 saturated carbocycles. The van der Waals surface area contributed by atoms with Crippen molar-refractivity contribution in [1.29, 1.82) is 0 Å². The summed E-state index contributed by atoms with van der Waals surface area (Å²) in [7, 11) is -3.74. The first kappa shape index (κ1) is 13.2. The molecule has 6 nitrogen and oxygen atoms in total. The number of furan rings is 1. The number of rotatable bonds is 5. The molecule has 0 aliphatic heterocycles. The molecule has 8 heteroatoms. The van der Waals surface area contributed by atoms with Crippen molar-refractivity contribution in [2.45, 2.75) is 24.7 Å². The average molecular weight is 288 g/mol. The van der Waals surface area contributed by atoms with Crippen LogP contribution in [-0.2, 0) is 16.6 Å². The van der Waals surface area contributed by atoms with E-state index in [1.165, 1.54) is 23.5 Å². The molecule has 0 radical (unpaired) electrons. The third-order valence-electron chi connectivity index (χ3n) is 2.21. The van der Waals surface area contributed by atoms with Crippen LogP contribution in [0.15, 0.2) is 33.2 Å². The zero-order chi connectivity index (χ0) is 13.2. The van der Waals surface area contributed by atoms with Crippen LogP contribution in [0.5, 0.6) is 0 Å². The van der Waals surface area contributed by atoms with Crippen LogP contribution in [0.3, 0.4) is 0 Å². The van der Waals surface area contributed by atoms with Gasteiger partial charge in [0.05, 0.1) is 6.04 Å². The number of nitrogens with one attached hydrogen (secondary N) is 1. The molecular formula is C10H12N2O4S2. The fraction of sp³-hybridized carbons (Fsp3) is 0.300. The lowest BCUT2D eigenvalue weighted by Crippen LogP contribution is -2.26. The summed E-state index contributed by atoms with van der Waals surface area (Å²) in [4.78, 5) is 4.04. The van der Waals surface area contributed by atoms with Crippen LogP contribution in [0, 0.1) is 0 Å². The third-order valence-corrected chi connectivity index (χ3v) is 4.58. The van der Waals surface area contributed by atoms with Gasteiger partial charge in [-0.1, -0.05) is 0 Å². The van der Waals surface area contributed by atoms with Gasteiger partial charge in [-0.2, -0.15) is 4.72 Å². The highest BCUT2D eigenvalue weighted by Gasteiger charge is 2.22. The van der Waals surface area contributed by atoms with Crippen molar-refractivity contribution in [3.8, 4) is 0 Å². The van der Waals surface area contributed by atoms with Crippen molar-refractivity contribution < 1.29 is 17.9 Å². The molecule has 0 bridgehead atoms. The standard InChI is InChI=1S/C10H12N2O4S2/c1-7(10-11-4-5-17-10)12-18(14,15)9-3-2-8(6-13)16-9/h2-5,7,12-13H,6H2,1H3. The summed E-state index contributed by atoms with van der Waals surface area (Å²) >= 11 is 1.37. The highest BCUT2D eigenvalue weighted by molar-refractivity contribution is 7.89. The zero-order valence-electron chi connectivity index (χ0n) is 9.53. The summed E-state index contributed by atoms with van der Waals surface area (Å²) in [5.74, 6) is 0.206. The van der Waals surface area contributed by atoms with E-state index in [4.69, 9.17) is 9.52 Å². The van der Waals surface area contributed by atoms with Gasteiger partial charge in [0.1, 0.15) is 17.4 Å². The van der Waals surface area contributed by atoms with Gasteiger partial charge in [0.25, 0.3) is 10.0 Å². The van der Waals surface area contributed by atoms with Crippen LogP contribution < -0.4 is 4.72 Å².